The molecule has 1 aromatic carbocycles. The van der Waals surface area contributed by atoms with E-state index in [1.165, 1.54) is 6.92 Å². The maximum atomic E-state index is 11.7. The summed E-state index contributed by atoms with van der Waals surface area (Å²) in [5.74, 6) is -0.179. The van der Waals surface area contributed by atoms with E-state index in [2.05, 4.69) is 10.6 Å². The van der Waals surface area contributed by atoms with Gasteiger partial charge in [-0.3, -0.25) is 9.59 Å². The van der Waals surface area contributed by atoms with Crippen molar-refractivity contribution >= 4 is 11.8 Å². The van der Waals surface area contributed by atoms with Crippen LogP contribution in [0.5, 0.6) is 0 Å². The fourth-order valence-corrected chi connectivity index (χ4v) is 1.45. The lowest BCUT2D eigenvalue weighted by molar-refractivity contribution is -0.119. The predicted octanol–water partition coefficient (Wildman–Crippen LogP) is 0.878. The highest BCUT2D eigenvalue weighted by Crippen LogP contribution is 2.02. The third kappa shape index (κ3) is 6.57. The van der Waals surface area contributed by atoms with Crippen LogP contribution in [0.25, 0.3) is 0 Å². The molecule has 2 amide bonds. The number of amides is 2. The molecular weight excluding hydrogens is 244 g/mol. The first kappa shape index (κ1) is 15.2. The molecule has 19 heavy (non-hydrogen) atoms. The second-order valence-electron chi connectivity index (χ2n) is 4.22. The average Bonchev–Trinajstić information content (AvgIpc) is 2.38. The first-order valence-corrected chi connectivity index (χ1v) is 6.26. The molecule has 0 fully saturated rings. The zero-order valence-electron chi connectivity index (χ0n) is 11.4. The molecule has 0 radical (unpaired) electrons. The van der Waals surface area contributed by atoms with Crippen molar-refractivity contribution in [3.8, 4) is 0 Å². The summed E-state index contributed by atoms with van der Waals surface area (Å²) < 4.78 is 5.26. The molecule has 1 rings (SSSR count). The zero-order chi connectivity index (χ0) is 14.1. The van der Waals surface area contributed by atoms with Gasteiger partial charge in [0, 0.05) is 25.6 Å². The highest BCUT2D eigenvalue weighted by molar-refractivity contribution is 5.94. The van der Waals surface area contributed by atoms with Gasteiger partial charge in [0.15, 0.2) is 0 Å². The summed E-state index contributed by atoms with van der Waals surface area (Å²) >= 11 is 0. The van der Waals surface area contributed by atoms with Gasteiger partial charge >= 0.3 is 0 Å². The van der Waals surface area contributed by atoms with Crippen molar-refractivity contribution in [1.29, 1.82) is 0 Å². The number of benzene rings is 1. The number of aryl methyl sites for hydroxylation is 1. The van der Waals surface area contributed by atoms with Gasteiger partial charge in [-0.05, 0) is 19.1 Å². The number of nitrogens with one attached hydrogen (secondary N) is 2. The van der Waals surface area contributed by atoms with E-state index in [9.17, 15) is 9.59 Å². The van der Waals surface area contributed by atoms with Crippen molar-refractivity contribution in [2.75, 3.05) is 26.3 Å². The van der Waals surface area contributed by atoms with Gasteiger partial charge < -0.3 is 15.4 Å². The summed E-state index contributed by atoms with van der Waals surface area (Å²) in [4.78, 5) is 22.3. The molecule has 1 aromatic rings. The van der Waals surface area contributed by atoms with Gasteiger partial charge in [-0.1, -0.05) is 17.7 Å². The molecule has 0 aromatic heterocycles. The lowest BCUT2D eigenvalue weighted by atomic mass is 10.1. The Labute approximate surface area is 113 Å². The Kier molecular flexibility index (Phi) is 6.60. The van der Waals surface area contributed by atoms with Crippen molar-refractivity contribution < 1.29 is 14.3 Å². The highest BCUT2D eigenvalue weighted by atomic mass is 16.5. The smallest absolute Gasteiger partial charge is 0.251 e. The highest BCUT2D eigenvalue weighted by Gasteiger charge is 2.03. The lowest BCUT2D eigenvalue weighted by Crippen LogP contribution is -2.29. The van der Waals surface area contributed by atoms with E-state index in [1.807, 2.05) is 19.1 Å². The number of carbonyl (C=O) groups is 2. The summed E-state index contributed by atoms with van der Waals surface area (Å²) in [5, 5.41) is 5.39. The Morgan fingerprint density at radius 1 is 1.05 bits per heavy atom. The van der Waals surface area contributed by atoms with E-state index < -0.39 is 0 Å². The Balaban J connectivity index is 2.11. The minimum Gasteiger partial charge on any atom is -0.378 e. The van der Waals surface area contributed by atoms with Gasteiger partial charge in [0.1, 0.15) is 0 Å². The maximum absolute atomic E-state index is 11.7. The van der Waals surface area contributed by atoms with Crippen molar-refractivity contribution in [1.82, 2.24) is 10.6 Å². The predicted molar refractivity (Wildman–Crippen MR) is 73.0 cm³/mol. The monoisotopic (exact) mass is 264 g/mol. The summed E-state index contributed by atoms with van der Waals surface area (Å²) in [5.41, 5.74) is 1.77. The van der Waals surface area contributed by atoms with Crippen molar-refractivity contribution in [3.05, 3.63) is 35.4 Å². The average molecular weight is 264 g/mol. The maximum Gasteiger partial charge on any atom is 0.251 e. The van der Waals surface area contributed by atoms with E-state index in [1.54, 1.807) is 12.1 Å². The molecular formula is C14H20N2O3. The fourth-order valence-electron chi connectivity index (χ4n) is 1.45. The first-order valence-electron chi connectivity index (χ1n) is 6.26. The van der Waals surface area contributed by atoms with Crippen LogP contribution in [0, 0.1) is 6.92 Å². The molecule has 2 N–H and O–H groups in total. The SMILES string of the molecule is CC(=O)NCCOCCNC(=O)c1ccc(C)cc1. The van der Waals surface area contributed by atoms with Crippen LogP contribution in [0.1, 0.15) is 22.8 Å². The summed E-state index contributed by atoms with van der Waals surface area (Å²) in [6.45, 7) is 5.25. The van der Waals surface area contributed by atoms with Gasteiger partial charge in [0.25, 0.3) is 5.91 Å². The molecule has 5 heteroatoms. The van der Waals surface area contributed by atoms with Gasteiger partial charge in [-0.15, -0.1) is 0 Å². The third-order valence-corrected chi connectivity index (χ3v) is 2.47. The normalized spacial score (nSPS) is 10.0. The number of rotatable bonds is 7. The molecule has 0 saturated heterocycles. The van der Waals surface area contributed by atoms with Crippen LogP contribution in [-0.4, -0.2) is 38.1 Å². The second-order valence-corrected chi connectivity index (χ2v) is 4.22. The first-order chi connectivity index (χ1) is 9.09. The van der Waals surface area contributed by atoms with Gasteiger partial charge in [-0.2, -0.15) is 0 Å². The van der Waals surface area contributed by atoms with Crippen LogP contribution in [0.15, 0.2) is 24.3 Å². The van der Waals surface area contributed by atoms with E-state index in [0.29, 0.717) is 31.9 Å². The third-order valence-electron chi connectivity index (χ3n) is 2.47. The quantitative estimate of drug-likeness (QED) is 0.718. The van der Waals surface area contributed by atoms with Crippen LogP contribution in [0.4, 0.5) is 0 Å². The van der Waals surface area contributed by atoms with Crippen LogP contribution in [0.3, 0.4) is 0 Å². The minimum absolute atomic E-state index is 0.0729. The van der Waals surface area contributed by atoms with Crippen LogP contribution in [0.2, 0.25) is 0 Å². The largest absolute Gasteiger partial charge is 0.378 e. The van der Waals surface area contributed by atoms with E-state index in [0.717, 1.165) is 5.56 Å². The van der Waals surface area contributed by atoms with Crippen LogP contribution >= 0.6 is 0 Å². The topological polar surface area (TPSA) is 67.4 Å². The van der Waals surface area contributed by atoms with Crippen molar-refractivity contribution in [2.45, 2.75) is 13.8 Å². The lowest BCUT2D eigenvalue weighted by Gasteiger charge is -2.07. The second kappa shape index (κ2) is 8.26. The summed E-state index contributed by atoms with van der Waals surface area (Å²) in [6.07, 6.45) is 0. The Morgan fingerprint density at radius 2 is 1.63 bits per heavy atom. The summed E-state index contributed by atoms with van der Waals surface area (Å²) in [7, 11) is 0. The van der Waals surface area contributed by atoms with Crippen molar-refractivity contribution in [2.24, 2.45) is 0 Å². The Bertz CT molecular complexity index is 415. The van der Waals surface area contributed by atoms with Gasteiger partial charge in [0.05, 0.1) is 13.2 Å². The van der Waals surface area contributed by atoms with Gasteiger partial charge in [0.2, 0.25) is 5.91 Å². The summed E-state index contributed by atoms with van der Waals surface area (Å²) in [6, 6.07) is 7.39. The molecule has 5 nitrogen and oxygen atoms in total. The molecule has 0 aliphatic heterocycles. The number of carbonyl (C=O) groups excluding carboxylic acids is 2. The van der Waals surface area contributed by atoms with Crippen LogP contribution < -0.4 is 10.6 Å². The molecule has 0 unspecified atom stereocenters. The molecule has 0 saturated carbocycles. The molecule has 0 heterocycles. The van der Waals surface area contributed by atoms with E-state index in [-0.39, 0.29) is 11.8 Å². The van der Waals surface area contributed by atoms with Crippen LogP contribution in [-0.2, 0) is 9.53 Å². The Hall–Kier alpha value is -1.88. The zero-order valence-corrected chi connectivity index (χ0v) is 11.4. The minimum atomic E-state index is -0.106. The molecule has 0 atom stereocenters. The van der Waals surface area contributed by atoms with E-state index in [4.69, 9.17) is 4.74 Å². The molecule has 0 aliphatic carbocycles. The fraction of sp³-hybridized carbons (Fsp3) is 0.429. The number of hydrogen-bond acceptors (Lipinski definition) is 3. The number of ether oxygens (including phenoxy) is 1. The number of hydrogen-bond donors (Lipinski definition) is 2. The molecule has 0 aliphatic rings. The standard InChI is InChI=1S/C14H20N2O3/c1-11-3-5-13(6-4-11)14(18)16-8-10-19-9-7-15-12(2)17/h3-6H,7-10H2,1-2H3,(H,15,17)(H,16,18). The van der Waals surface area contributed by atoms with Crippen molar-refractivity contribution in [3.63, 3.8) is 0 Å². The Morgan fingerprint density at radius 3 is 2.21 bits per heavy atom. The molecule has 0 spiro atoms. The van der Waals surface area contributed by atoms with Gasteiger partial charge in [-0.25, -0.2) is 0 Å². The molecule has 104 valence electrons. The molecule has 0 bridgehead atoms. The van der Waals surface area contributed by atoms with E-state index >= 15 is 0 Å².